The van der Waals surface area contributed by atoms with Gasteiger partial charge in [-0.05, 0) is 68.1 Å². The second-order valence-corrected chi connectivity index (χ2v) is 8.52. The first-order chi connectivity index (χ1) is 15.6. The van der Waals surface area contributed by atoms with E-state index in [0.717, 1.165) is 21.1 Å². The van der Waals surface area contributed by atoms with Crippen molar-refractivity contribution in [2.75, 3.05) is 0 Å². The number of nitriles is 1. The third kappa shape index (κ3) is 3.61. The van der Waals surface area contributed by atoms with E-state index in [9.17, 15) is 20.0 Å². The highest BCUT2D eigenvalue weighted by molar-refractivity contribution is 6.31. The maximum atomic E-state index is 13.6. The zero-order valence-electron chi connectivity index (χ0n) is 18.6. The third-order valence-electron chi connectivity index (χ3n) is 6.07. The molecule has 0 aliphatic carbocycles. The van der Waals surface area contributed by atoms with Gasteiger partial charge >= 0.3 is 0 Å². The van der Waals surface area contributed by atoms with Crippen LogP contribution in [-0.2, 0) is 6.54 Å². The second-order valence-electron chi connectivity index (χ2n) is 8.11. The Bertz CT molecular complexity index is 1550. The molecule has 0 aliphatic rings. The van der Waals surface area contributed by atoms with E-state index in [2.05, 4.69) is 0 Å². The van der Waals surface area contributed by atoms with Crippen molar-refractivity contribution in [1.29, 1.82) is 5.26 Å². The molecule has 4 rings (SSSR count). The minimum Gasteiger partial charge on any atom is -0.494 e. The molecule has 0 fully saturated rings. The zero-order valence-corrected chi connectivity index (χ0v) is 19.4. The number of furan rings is 1. The molecule has 0 radical (unpaired) electrons. The number of carbonyl (C=O) groups excluding carboxylic acids is 1. The number of benzene rings is 2. The van der Waals surface area contributed by atoms with Gasteiger partial charge in [0.15, 0.2) is 5.76 Å². The zero-order chi connectivity index (χ0) is 24.0. The quantitative estimate of drug-likeness (QED) is 0.415. The van der Waals surface area contributed by atoms with Crippen molar-refractivity contribution in [3.05, 3.63) is 96.5 Å². The predicted molar refractivity (Wildman–Crippen MR) is 126 cm³/mol. The fourth-order valence-corrected chi connectivity index (χ4v) is 4.17. The van der Waals surface area contributed by atoms with Gasteiger partial charge in [-0.15, -0.1) is 0 Å². The Hall–Kier alpha value is -3.82. The molecule has 4 aromatic rings. The van der Waals surface area contributed by atoms with Gasteiger partial charge in [0, 0.05) is 16.0 Å². The van der Waals surface area contributed by atoms with Crippen LogP contribution in [0.1, 0.15) is 49.5 Å². The van der Waals surface area contributed by atoms with Crippen LogP contribution in [0.15, 0.2) is 45.6 Å². The van der Waals surface area contributed by atoms with Gasteiger partial charge in [-0.3, -0.25) is 14.2 Å². The maximum absolute atomic E-state index is 13.6. The molecule has 33 heavy (non-hydrogen) atoms. The standard InChI is InChI=1S/C26H21ClN2O4/c1-13-9-18-16(4)24(33-21(18)10-14(13)2)23(30)22-15(3)19(11-28)25(31)29(26(22)32)12-17-7-5-6-8-20(17)27/h5-10,32H,12H2,1-4H3. The third-order valence-corrected chi connectivity index (χ3v) is 6.44. The summed E-state index contributed by atoms with van der Waals surface area (Å²) in [6.45, 7) is 7.07. The van der Waals surface area contributed by atoms with Crippen LogP contribution in [0.5, 0.6) is 5.88 Å². The van der Waals surface area contributed by atoms with E-state index in [1.54, 1.807) is 31.2 Å². The molecule has 7 heteroatoms. The largest absolute Gasteiger partial charge is 0.494 e. The monoisotopic (exact) mass is 460 g/mol. The molecule has 0 unspecified atom stereocenters. The topological polar surface area (TPSA) is 96.2 Å². The Labute approximate surface area is 195 Å². The normalized spacial score (nSPS) is 11.0. The highest BCUT2D eigenvalue weighted by atomic mass is 35.5. The van der Waals surface area contributed by atoms with Crippen LogP contribution in [0.3, 0.4) is 0 Å². The van der Waals surface area contributed by atoms with Crippen LogP contribution in [0.4, 0.5) is 0 Å². The minimum absolute atomic E-state index is 0.0558. The van der Waals surface area contributed by atoms with E-state index in [1.807, 2.05) is 32.0 Å². The van der Waals surface area contributed by atoms with Gasteiger partial charge in [-0.2, -0.15) is 5.26 Å². The van der Waals surface area contributed by atoms with E-state index >= 15 is 0 Å². The van der Waals surface area contributed by atoms with E-state index in [-0.39, 0.29) is 29.0 Å². The van der Waals surface area contributed by atoms with Gasteiger partial charge in [-0.1, -0.05) is 29.8 Å². The minimum atomic E-state index is -0.698. The summed E-state index contributed by atoms with van der Waals surface area (Å²) in [6.07, 6.45) is 0. The van der Waals surface area contributed by atoms with Crippen molar-refractivity contribution < 1.29 is 14.3 Å². The Morgan fingerprint density at radius 1 is 1.12 bits per heavy atom. The fourth-order valence-electron chi connectivity index (χ4n) is 3.97. The van der Waals surface area contributed by atoms with Crippen molar-refractivity contribution >= 4 is 28.4 Å². The van der Waals surface area contributed by atoms with Crippen LogP contribution in [0.25, 0.3) is 11.0 Å². The molecule has 0 bridgehead atoms. The van der Waals surface area contributed by atoms with Crippen molar-refractivity contribution in [2.45, 2.75) is 34.2 Å². The number of aryl methyl sites for hydroxylation is 3. The molecule has 0 saturated heterocycles. The first kappa shape index (κ1) is 22.4. The molecule has 0 amide bonds. The Kier molecular flexibility index (Phi) is 5.61. The number of nitrogens with zero attached hydrogens (tertiary/aromatic N) is 2. The first-order valence-electron chi connectivity index (χ1n) is 10.3. The fraction of sp³-hybridized carbons (Fsp3) is 0.192. The Balaban J connectivity index is 1.94. The molecule has 0 atom stereocenters. The number of hydrogen-bond acceptors (Lipinski definition) is 5. The summed E-state index contributed by atoms with van der Waals surface area (Å²) in [5, 5.41) is 21.9. The van der Waals surface area contributed by atoms with Gasteiger partial charge in [0.25, 0.3) is 5.56 Å². The Morgan fingerprint density at radius 2 is 1.79 bits per heavy atom. The molecule has 6 nitrogen and oxygen atoms in total. The summed E-state index contributed by atoms with van der Waals surface area (Å²) in [6, 6.07) is 12.5. The molecule has 0 spiro atoms. The predicted octanol–water partition coefficient (Wildman–Crippen LogP) is 5.34. The lowest BCUT2D eigenvalue weighted by molar-refractivity contribution is 0.101. The lowest BCUT2D eigenvalue weighted by Gasteiger charge is -2.15. The molecule has 2 aromatic heterocycles. The highest BCUT2D eigenvalue weighted by Gasteiger charge is 2.29. The van der Waals surface area contributed by atoms with Crippen LogP contribution < -0.4 is 5.56 Å². The molecule has 2 heterocycles. The number of fused-ring (bicyclic) bond motifs is 1. The molecule has 166 valence electrons. The van der Waals surface area contributed by atoms with Crippen molar-refractivity contribution in [1.82, 2.24) is 4.57 Å². The van der Waals surface area contributed by atoms with E-state index < -0.39 is 17.2 Å². The van der Waals surface area contributed by atoms with Gasteiger partial charge in [0.1, 0.15) is 17.2 Å². The maximum Gasteiger partial charge on any atom is 0.271 e. The van der Waals surface area contributed by atoms with E-state index in [0.29, 0.717) is 21.7 Å². The number of carbonyl (C=O) groups is 1. The summed E-state index contributed by atoms with van der Waals surface area (Å²) in [5.74, 6) is -1.08. The number of aromatic nitrogens is 1. The molecule has 2 aromatic carbocycles. The van der Waals surface area contributed by atoms with Crippen LogP contribution in [-0.4, -0.2) is 15.5 Å². The highest BCUT2D eigenvalue weighted by Crippen LogP contribution is 2.33. The summed E-state index contributed by atoms with van der Waals surface area (Å²) < 4.78 is 6.88. The van der Waals surface area contributed by atoms with Gasteiger partial charge in [0.05, 0.1) is 12.1 Å². The van der Waals surface area contributed by atoms with E-state index in [4.69, 9.17) is 16.0 Å². The van der Waals surface area contributed by atoms with E-state index in [1.165, 1.54) is 6.92 Å². The number of hydrogen-bond donors (Lipinski definition) is 1. The van der Waals surface area contributed by atoms with Gasteiger partial charge in [-0.25, -0.2) is 0 Å². The van der Waals surface area contributed by atoms with Crippen molar-refractivity contribution in [2.24, 2.45) is 0 Å². The SMILES string of the molecule is Cc1cc2oc(C(=O)c3c(C)c(C#N)c(=O)n(Cc4ccccc4Cl)c3O)c(C)c2cc1C. The summed E-state index contributed by atoms with van der Waals surface area (Å²) in [7, 11) is 0. The second kappa shape index (κ2) is 8.27. The molecule has 0 saturated carbocycles. The Morgan fingerprint density at radius 3 is 2.45 bits per heavy atom. The average molecular weight is 461 g/mol. The lowest BCUT2D eigenvalue weighted by Crippen LogP contribution is -2.27. The summed E-state index contributed by atoms with van der Waals surface area (Å²) in [5.41, 5.74) is 2.87. The lowest BCUT2D eigenvalue weighted by atomic mass is 9.98. The number of halogens is 1. The van der Waals surface area contributed by atoms with Crippen LogP contribution in [0, 0.1) is 39.0 Å². The molecule has 0 aliphatic heterocycles. The summed E-state index contributed by atoms with van der Waals surface area (Å²) >= 11 is 6.23. The smallest absolute Gasteiger partial charge is 0.271 e. The number of aromatic hydroxyl groups is 1. The molecular weight excluding hydrogens is 440 g/mol. The first-order valence-corrected chi connectivity index (χ1v) is 10.7. The number of ketones is 1. The number of rotatable bonds is 4. The van der Waals surface area contributed by atoms with Crippen molar-refractivity contribution in [3.8, 4) is 11.9 Å². The van der Waals surface area contributed by atoms with Gasteiger partial charge in [0.2, 0.25) is 11.7 Å². The summed E-state index contributed by atoms with van der Waals surface area (Å²) in [4.78, 5) is 26.5. The average Bonchev–Trinajstić information content (AvgIpc) is 3.08. The number of pyridine rings is 1. The van der Waals surface area contributed by atoms with Crippen molar-refractivity contribution in [3.63, 3.8) is 0 Å². The van der Waals surface area contributed by atoms with Crippen LogP contribution >= 0.6 is 11.6 Å². The molecular formula is C26H21ClN2O4. The van der Waals surface area contributed by atoms with Crippen LogP contribution in [0.2, 0.25) is 5.02 Å². The van der Waals surface area contributed by atoms with Gasteiger partial charge < -0.3 is 9.52 Å². The molecule has 1 N–H and O–H groups in total.